The van der Waals surface area contributed by atoms with Crippen LogP contribution in [0.25, 0.3) is 0 Å². The number of hydrogen-bond donors (Lipinski definition) is 2. The van der Waals surface area contributed by atoms with Crippen molar-refractivity contribution in [2.45, 2.75) is 18.3 Å². The highest BCUT2D eigenvalue weighted by Gasteiger charge is 2.43. The van der Waals surface area contributed by atoms with Crippen molar-refractivity contribution >= 4 is 11.6 Å². The van der Waals surface area contributed by atoms with E-state index in [0.717, 1.165) is 0 Å². The van der Waals surface area contributed by atoms with E-state index in [1.165, 1.54) is 24.3 Å². The summed E-state index contributed by atoms with van der Waals surface area (Å²) >= 11 is 0. The van der Waals surface area contributed by atoms with Gasteiger partial charge in [-0.05, 0) is 53.9 Å². The van der Waals surface area contributed by atoms with Gasteiger partial charge in [0.15, 0.2) is 11.6 Å². The van der Waals surface area contributed by atoms with Crippen molar-refractivity contribution in [3.05, 3.63) is 58.7 Å². The highest BCUT2D eigenvalue weighted by Crippen LogP contribution is 2.48. The molecule has 4 heteroatoms. The second kappa shape index (κ2) is 3.95. The van der Waals surface area contributed by atoms with Crippen LogP contribution in [0.2, 0.25) is 0 Å². The smallest absolute Gasteiger partial charge is 0.170 e. The van der Waals surface area contributed by atoms with Crippen molar-refractivity contribution in [3.8, 4) is 11.5 Å². The maximum Gasteiger partial charge on any atom is 0.170 e. The van der Waals surface area contributed by atoms with Gasteiger partial charge in [-0.2, -0.15) is 0 Å². The number of fused-ring (bicyclic) bond motifs is 6. The molecular weight excluding hydrogens is 268 g/mol. The number of hydrogen-bond acceptors (Lipinski definition) is 4. The Morgan fingerprint density at radius 2 is 1.19 bits per heavy atom. The summed E-state index contributed by atoms with van der Waals surface area (Å²) in [4.78, 5) is 25.3. The quantitative estimate of drug-likeness (QED) is 0.778. The molecule has 104 valence electrons. The van der Waals surface area contributed by atoms with Gasteiger partial charge in [-0.25, -0.2) is 0 Å². The fourth-order valence-corrected chi connectivity index (χ4v) is 3.49. The summed E-state index contributed by atoms with van der Waals surface area (Å²) in [5.41, 5.74) is 2.22. The van der Waals surface area contributed by atoms with Crippen LogP contribution in [0.1, 0.15) is 50.1 Å². The van der Waals surface area contributed by atoms with Crippen molar-refractivity contribution in [3.63, 3.8) is 0 Å². The van der Waals surface area contributed by atoms with E-state index in [0.29, 0.717) is 28.7 Å². The predicted octanol–water partition coefficient (Wildman–Crippen LogP) is 2.75. The topological polar surface area (TPSA) is 74.6 Å². The second-order valence-corrected chi connectivity index (χ2v) is 5.61. The van der Waals surface area contributed by atoms with E-state index < -0.39 is 11.8 Å². The molecule has 0 spiro atoms. The number of phenolic OH excluding ortho intramolecular Hbond substituents is 2. The highest BCUT2D eigenvalue weighted by molar-refractivity contribution is 6.13. The van der Waals surface area contributed by atoms with Crippen molar-refractivity contribution in [2.75, 3.05) is 0 Å². The van der Waals surface area contributed by atoms with Gasteiger partial charge in [-0.1, -0.05) is 0 Å². The standard InChI is InChI=1S/C17H12O4/c18-8-1-3-10-12(5-8)14-7-15(16(10)20)13-6-9(19)2-4-11(13)17(14)21/h1-6,14-15,18-19H,7H2. The van der Waals surface area contributed by atoms with Gasteiger partial charge in [0.1, 0.15) is 11.5 Å². The normalized spacial score (nSPS) is 22.7. The third-order valence-corrected chi connectivity index (χ3v) is 4.46. The third kappa shape index (κ3) is 1.56. The molecule has 0 saturated carbocycles. The van der Waals surface area contributed by atoms with Gasteiger partial charge in [0, 0.05) is 23.0 Å². The lowest BCUT2D eigenvalue weighted by molar-refractivity contribution is 0.0875. The SMILES string of the molecule is O=C1c2ccc(O)cc2C2CC1c1cc(O)ccc1C2=O. The molecular formula is C17H12O4. The van der Waals surface area contributed by atoms with Crippen LogP contribution in [0.4, 0.5) is 0 Å². The summed E-state index contributed by atoms with van der Waals surface area (Å²) in [5.74, 6) is -0.784. The van der Waals surface area contributed by atoms with E-state index in [-0.39, 0.29) is 23.1 Å². The summed E-state index contributed by atoms with van der Waals surface area (Å²) < 4.78 is 0. The summed E-state index contributed by atoms with van der Waals surface area (Å²) in [6, 6.07) is 9.10. The lowest BCUT2D eigenvalue weighted by atomic mass is 9.65. The number of aromatic hydroxyl groups is 2. The molecule has 2 N–H and O–H groups in total. The minimum absolute atomic E-state index is 0.0550. The Hall–Kier alpha value is -2.62. The van der Waals surface area contributed by atoms with E-state index in [1.54, 1.807) is 12.1 Å². The monoisotopic (exact) mass is 280 g/mol. The Morgan fingerprint density at radius 1 is 0.762 bits per heavy atom. The second-order valence-electron chi connectivity index (χ2n) is 5.61. The summed E-state index contributed by atoms with van der Waals surface area (Å²) in [7, 11) is 0. The molecule has 0 radical (unpaired) electrons. The molecule has 0 aliphatic heterocycles. The average Bonchev–Trinajstić information content (AvgIpc) is 2.46. The first kappa shape index (κ1) is 12.1. The lowest BCUT2D eigenvalue weighted by Crippen LogP contribution is -2.34. The molecule has 21 heavy (non-hydrogen) atoms. The van der Waals surface area contributed by atoms with Crippen LogP contribution in [0.5, 0.6) is 11.5 Å². The van der Waals surface area contributed by atoms with E-state index in [4.69, 9.17) is 0 Å². The highest BCUT2D eigenvalue weighted by atomic mass is 16.3. The van der Waals surface area contributed by atoms with Gasteiger partial charge in [-0.3, -0.25) is 9.59 Å². The van der Waals surface area contributed by atoms with Crippen molar-refractivity contribution < 1.29 is 19.8 Å². The number of carbonyl (C=O) groups excluding carboxylic acids is 2. The summed E-state index contributed by atoms with van der Waals surface area (Å²) in [6.45, 7) is 0. The Labute approximate surface area is 120 Å². The number of ketones is 2. The lowest BCUT2D eigenvalue weighted by Gasteiger charge is -2.35. The van der Waals surface area contributed by atoms with Gasteiger partial charge >= 0.3 is 0 Å². The molecule has 2 aliphatic rings. The van der Waals surface area contributed by atoms with Gasteiger partial charge in [0.05, 0.1) is 0 Å². The first-order valence-electron chi connectivity index (χ1n) is 6.80. The predicted molar refractivity (Wildman–Crippen MR) is 75.0 cm³/mol. The van der Waals surface area contributed by atoms with Crippen molar-refractivity contribution in [1.29, 1.82) is 0 Å². The van der Waals surface area contributed by atoms with Crippen LogP contribution >= 0.6 is 0 Å². The molecule has 0 fully saturated rings. The molecule has 4 rings (SSSR count). The van der Waals surface area contributed by atoms with Crippen molar-refractivity contribution in [2.24, 2.45) is 0 Å². The Balaban J connectivity index is 1.98. The molecule has 0 aromatic heterocycles. The Kier molecular flexibility index (Phi) is 2.28. The maximum absolute atomic E-state index is 12.6. The van der Waals surface area contributed by atoms with Crippen LogP contribution in [-0.2, 0) is 0 Å². The molecule has 2 aliphatic carbocycles. The largest absolute Gasteiger partial charge is 0.508 e. The first-order valence-corrected chi connectivity index (χ1v) is 6.80. The molecule has 0 amide bonds. The molecule has 2 aromatic rings. The Morgan fingerprint density at radius 3 is 1.62 bits per heavy atom. The third-order valence-electron chi connectivity index (χ3n) is 4.46. The van der Waals surface area contributed by atoms with Gasteiger partial charge in [-0.15, -0.1) is 0 Å². The number of Topliss-reactive ketones (excluding diaryl/α,β-unsaturated/α-hetero) is 2. The molecule has 2 unspecified atom stereocenters. The first-order chi connectivity index (χ1) is 10.1. The minimum Gasteiger partial charge on any atom is -0.508 e. The fraction of sp³-hybridized carbons (Fsp3) is 0.176. The minimum atomic E-state index is -0.396. The zero-order chi connectivity index (χ0) is 14.7. The number of phenols is 2. The average molecular weight is 280 g/mol. The van der Waals surface area contributed by atoms with E-state index in [2.05, 4.69) is 0 Å². The number of carbonyl (C=O) groups is 2. The van der Waals surface area contributed by atoms with Crippen molar-refractivity contribution in [1.82, 2.24) is 0 Å². The molecule has 0 heterocycles. The van der Waals surface area contributed by atoms with Gasteiger partial charge in [0.2, 0.25) is 0 Å². The maximum atomic E-state index is 12.6. The molecule has 2 atom stereocenters. The van der Waals surface area contributed by atoms with Crippen LogP contribution in [-0.4, -0.2) is 21.8 Å². The number of benzene rings is 2. The van der Waals surface area contributed by atoms with Crippen LogP contribution in [0.15, 0.2) is 36.4 Å². The van der Waals surface area contributed by atoms with Crippen LogP contribution in [0, 0.1) is 0 Å². The summed E-state index contributed by atoms with van der Waals surface area (Å²) in [5, 5.41) is 19.3. The fourth-order valence-electron chi connectivity index (χ4n) is 3.49. The number of rotatable bonds is 0. The zero-order valence-electron chi connectivity index (χ0n) is 11.0. The van der Waals surface area contributed by atoms with Crippen LogP contribution < -0.4 is 0 Å². The summed E-state index contributed by atoms with van der Waals surface area (Å²) in [6.07, 6.45) is 0.407. The van der Waals surface area contributed by atoms with E-state index in [1.807, 2.05) is 0 Å². The van der Waals surface area contributed by atoms with Gasteiger partial charge < -0.3 is 10.2 Å². The van der Waals surface area contributed by atoms with Crippen LogP contribution in [0.3, 0.4) is 0 Å². The Bertz CT molecular complexity index is 739. The molecule has 0 saturated heterocycles. The van der Waals surface area contributed by atoms with E-state index in [9.17, 15) is 19.8 Å². The molecule has 2 bridgehead atoms. The van der Waals surface area contributed by atoms with E-state index >= 15 is 0 Å². The molecule has 2 aromatic carbocycles. The zero-order valence-corrected chi connectivity index (χ0v) is 11.0. The molecule has 4 nitrogen and oxygen atoms in total. The van der Waals surface area contributed by atoms with Gasteiger partial charge in [0.25, 0.3) is 0 Å².